The number of hydrogen-bond donors (Lipinski definition) is 1. The minimum Gasteiger partial charge on any atom is -0.491 e. The summed E-state index contributed by atoms with van der Waals surface area (Å²) in [6.07, 6.45) is -3.10. The summed E-state index contributed by atoms with van der Waals surface area (Å²) in [4.78, 5) is 34.5. The Labute approximate surface area is 226 Å². The first-order valence-corrected chi connectivity index (χ1v) is 12.4. The third kappa shape index (κ3) is 5.37. The van der Waals surface area contributed by atoms with Gasteiger partial charge >= 0.3 is 12.1 Å². The van der Waals surface area contributed by atoms with Gasteiger partial charge in [0.05, 0.1) is 29.1 Å². The zero-order valence-corrected chi connectivity index (χ0v) is 21.4. The Bertz CT molecular complexity index is 1560. The Balaban J connectivity index is 1.61. The zero-order chi connectivity index (χ0) is 28.6. The molecule has 1 N–H and O–H groups in total. The molecule has 5 rings (SSSR count). The van der Waals surface area contributed by atoms with E-state index in [9.17, 15) is 27.9 Å². The van der Waals surface area contributed by atoms with Gasteiger partial charge < -0.3 is 24.0 Å². The molecule has 12 heteroatoms. The molecule has 0 bridgehead atoms. The average molecular weight is 556 g/mol. The van der Waals surface area contributed by atoms with Crippen molar-refractivity contribution in [3.8, 4) is 28.8 Å². The first kappa shape index (κ1) is 26.9. The van der Waals surface area contributed by atoms with Gasteiger partial charge in [0, 0.05) is 24.4 Å². The van der Waals surface area contributed by atoms with E-state index in [0.717, 1.165) is 17.2 Å². The molecular weight excluding hydrogens is 531 g/mol. The van der Waals surface area contributed by atoms with Crippen LogP contribution in [0.2, 0.25) is 0 Å². The number of carboxylic acid groups (broad SMARTS) is 1. The molecule has 1 saturated heterocycles. The Morgan fingerprint density at radius 3 is 2.35 bits per heavy atom. The van der Waals surface area contributed by atoms with Crippen LogP contribution in [0.4, 0.5) is 13.2 Å². The molecule has 40 heavy (non-hydrogen) atoms. The minimum atomic E-state index is -4.54. The van der Waals surface area contributed by atoms with Crippen LogP contribution >= 0.6 is 0 Å². The van der Waals surface area contributed by atoms with Crippen LogP contribution in [0.5, 0.6) is 23.1 Å². The number of amides is 1. The number of pyridine rings is 1. The molecule has 0 aliphatic carbocycles. The van der Waals surface area contributed by atoms with Crippen molar-refractivity contribution in [2.75, 3.05) is 6.54 Å². The molecule has 0 unspecified atom stereocenters. The van der Waals surface area contributed by atoms with Crippen molar-refractivity contribution in [1.29, 1.82) is 0 Å². The lowest BCUT2D eigenvalue weighted by atomic mass is 10.2. The molecule has 2 aromatic carbocycles. The van der Waals surface area contributed by atoms with Gasteiger partial charge in [0.15, 0.2) is 11.4 Å². The lowest BCUT2D eigenvalue weighted by Crippen LogP contribution is -2.29. The van der Waals surface area contributed by atoms with Gasteiger partial charge in [-0.25, -0.2) is 9.78 Å². The summed E-state index contributed by atoms with van der Waals surface area (Å²) in [5.41, 5.74) is -0.213. The van der Waals surface area contributed by atoms with E-state index in [2.05, 4.69) is 4.98 Å². The molecule has 1 aliphatic heterocycles. The largest absolute Gasteiger partial charge is 0.491 e. The highest BCUT2D eigenvalue weighted by Crippen LogP contribution is 2.40. The Kier molecular flexibility index (Phi) is 7.01. The highest BCUT2D eigenvalue weighted by molar-refractivity contribution is 6.03. The zero-order valence-electron chi connectivity index (χ0n) is 21.4. The van der Waals surface area contributed by atoms with Gasteiger partial charge in [-0.05, 0) is 68.8 Å². The number of halogens is 3. The maximum Gasteiger partial charge on any atom is 0.417 e. The summed E-state index contributed by atoms with van der Waals surface area (Å²) in [6.45, 7) is 4.06. The Morgan fingerprint density at radius 2 is 1.77 bits per heavy atom. The summed E-state index contributed by atoms with van der Waals surface area (Å²) in [5.74, 6) is -0.978. The number of fused-ring (bicyclic) bond motifs is 1. The van der Waals surface area contributed by atoms with Crippen LogP contribution in [0.15, 0.2) is 60.8 Å². The van der Waals surface area contributed by atoms with E-state index >= 15 is 0 Å². The molecule has 1 aliphatic rings. The summed E-state index contributed by atoms with van der Waals surface area (Å²) in [6, 6.07) is 13.4. The molecule has 1 fully saturated rings. The van der Waals surface area contributed by atoms with Crippen molar-refractivity contribution < 1.29 is 42.2 Å². The van der Waals surface area contributed by atoms with Crippen LogP contribution in [0, 0.1) is 0 Å². The number of aromatic carboxylic acids is 1. The van der Waals surface area contributed by atoms with E-state index < -0.39 is 17.7 Å². The lowest BCUT2D eigenvalue weighted by molar-refractivity contribution is -0.150. The van der Waals surface area contributed by atoms with Gasteiger partial charge in [0.1, 0.15) is 11.5 Å². The number of aromatic nitrogens is 2. The molecular formula is C28H24F3N3O6. The fourth-order valence-corrected chi connectivity index (χ4v) is 4.36. The number of carboxylic acids is 1. The fraction of sp³-hybridized carbons (Fsp3) is 0.250. The molecule has 0 spiro atoms. The smallest absolute Gasteiger partial charge is 0.417 e. The van der Waals surface area contributed by atoms with Crippen LogP contribution < -0.4 is 14.3 Å². The molecule has 2 aromatic heterocycles. The Morgan fingerprint density at radius 1 is 1.05 bits per heavy atom. The first-order valence-electron chi connectivity index (χ1n) is 12.4. The monoisotopic (exact) mass is 555 g/mol. The van der Waals surface area contributed by atoms with E-state index in [1.807, 2.05) is 13.8 Å². The third-order valence-electron chi connectivity index (χ3n) is 6.08. The van der Waals surface area contributed by atoms with E-state index in [1.54, 1.807) is 30.3 Å². The fourth-order valence-electron chi connectivity index (χ4n) is 4.36. The topological polar surface area (TPSA) is 103 Å². The van der Waals surface area contributed by atoms with Crippen molar-refractivity contribution in [2.45, 2.75) is 39.0 Å². The third-order valence-corrected chi connectivity index (χ3v) is 6.08. The van der Waals surface area contributed by atoms with Crippen LogP contribution in [-0.2, 0) is 11.0 Å². The van der Waals surface area contributed by atoms with E-state index in [4.69, 9.17) is 14.3 Å². The maximum atomic E-state index is 12.9. The molecule has 4 aromatic rings. The van der Waals surface area contributed by atoms with Crippen LogP contribution in [0.3, 0.4) is 0 Å². The summed E-state index contributed by atoms with van der Waals surface area (Å²) in [5, 5.41) is 11.7. The normalized spacial score (nSPS) is 13.8. The highest BCUT2D eigenvalue weighted by Gasteiger charge is 2.32. The van der Waals surface area contributed by atoms with Gasteiger partial charge in [0.25, 0.3) is 5.91 Å². The number of hydroxylamine groups is 2. The maximum absolute atomic E-state index is 12.9. The second-order valence-electron chi connectivity index (χ2n) is 9.33. The minimum absolute atomic E-state index is 0.0524. The van der Waals surface area contributed by atoms with Crippen LogP contribution in [0.25, 0.3) is 16.6 Å². The predicted octanol–water partition coefficient (Wildman–Crippen LogP) is 6.24. The highest BCUT2D eigenvalue weighted by atomic mass is 19.4. The standard InChI is InChI=1S/C28H24F3N3O6/c1-16(2)38-19-8-6-18(7-9-19)34-22-11-10-20(39-23-12-5-17(15-32-23)28(29,30)31)14-21(22)26(25(34)27(36)37)40-33-13-3-4-24(33)35/h5-12,14-16H,3-4,13H2,1-2H3,(H,36,37). The summed E-state index contributed by atoms with van der Waals surface area (Å²) >= 11 is 0. The summed E-state index contributed by atoms with van der Waals surface area (Å²) < 4.78 is 51.6. The van der Waals surface area contributed by atoms with Crippen molar-refractivity contribution in [2.24, 2.45) is 0 Å². The van der Waals surface area contributed by atoms with E-state index in [-0.39, 0.29) is 48.0 Å². The van der Waals surface area contributed by atoms with Crippen molar-refractivity contribution in [3.63, 3.8) is 0 Å². The lowest BCUT2D eigenvalue weighted by Gasteiger charge is -2.17. The molecule has 3 heterocycles. The molecule has 0 saturated carbocycles. The first-order chi connectivity index (χ1) is 19.0. The quantitative estimate of drug-likeness (QED) is 0.275. The van der Waals surface area contributed by atoms with Crippen molar-refractivity contribution >= 4 is 22.8 Å². The second-order valence-corrected chi connectivity index (χ2v) is 9.33. The van der Waals surface area contributed by atoms with E-state index in [0.29, 0.717) is 35.0 Å². The molecule has 1 amide bonds. The summed E-state index contributed by atoms with van der Waals surface area (Å²) in [7, 11) is 0. The number of hydrogen-bond acceptors (Lipinski definition) is 6. The number of alkyl halides is 3. The van der Waals surface area contributed by atoms with Gasteiger partial charge in [-0.15, -0.1) is 0 Å². The Hall–Kier alpha value is -4.74. The number of ether oxygens (including phenoxy) is 2. The molecule has 0 atom stereocenters. The second kappa shape index (κ2) is 10.4. The predicted molar refractivity (Wildman–Crippen MR) is 137 cm³/mol. The number of carbonyl (C=O) groups is 2. The van der Waals surface area contributed by atoms with Gasteiger partial charge in [-0.2, -0.15) is 18.2 Å². The van der Waals surface area contributed by atoms with Gasteiger partial charge in [-0.1, -0.05) is 0 Å². The van der Waals surface area contributed by atoms with Gasteiger partial charge in [-0.3, -0.25) is 4.79 Å². The molecule has 0 radical (unpaired) electrons. The molecule has 9 nitrogen and oxygen atoms in total. The van der Waals surface area contributed by atoms with Crippen molar-refractivity contribution in [1.82, 2.24) is 14.6 Å². The number of benzene rings is 2. The van der Waals surface area contributed by atoms with Crippen molar-refractivity contribution in [3.05, 3.63) is 72.1 Å². The van der Waals surface area contributed by atoms with E-state index in [1.165, 1.54) is 16.7 Å². The SMILES string of the molecule is CC(C)Oc1ccc(-n2c(C(=O)O)c(ON3CCCC3=O)c3cc(Oc4ccc(C(F)(F)F)cn4)ccc32)cc1. The van der Waals surface area contributed by atoms with Crippen LogP contribution in [0.1, 0.15) is 42.7 Å². The number of rotatable bonds is 8. The van der Waals surface area contributed by atoms with Gasteiger partial charge in [0.2, 0.25) is 5.88 Å². The van der Waals surface area contributed by atoms with Crippen LogP contribution in [-0.4, -0.2) is 44.2 Å². The number of carbonyl (C=O) groups excluding carboxylic acids is 1. The number of nitrogens with zero attached hydrogens (tertiary/aromatic N) is 3. The molecule has 208 valence electrons. The average Bonchev–Trinajstić information content (AvgIpc) is 3.44.